The highest BCUT2D eigenvalue weighted by Gasteiger charge is 2.26. The number of halogens is 3. The van der Waals surface area contributed by atoms with E-state index in [4.69, 9.17) is 5.11 Å². The van der Waals surface area contributed by atoms with Crippen molar-refractivity contribution >= 4 is 37.6 Å². The zero-order valence-corrected chi connectivity index (χ0v) is 12.3. The molecule has 11 heteroatoms. The SMILES string of the molecule is O=C(O)c1cn[nH]c1S(=O)(=O)Nc1cc(Br)c(F)cc1F. The number of nitrogens with zero attached hydrogens (tertiary/aromatic N) is 1. The lowest BCUT2D eigenvalue weighted by molar-refractivity contribution is 0.0692. The Bertz CT molecular complexity index is 822. The molecule has 0 spiro atoms. The van der Waals surface area contributed by atoms with Gasteiger partial charge in [-0.25, -0.2) is 13.6 Å². The fraction of sp³-hybridized carbons (Fsp3) is 0. The lowest BCUT2D eigenvalue weighted by atomic mass is 10.3. The van der Waals surface area contributed by atoms with Gasteiger partial charge in [0.1, 0.15) is 17.2 Å². The molecule has 0 fully saturated rings. The summed E-state index contributed by atoms with van der Waals surface area (Å²) < 4.78 is 52.3. The van der Waals surface area contributed by atoms with E-state index in [1.165, 1.54) is 0 Å². The molecule has 0 atom stereocenters. The minimum Gasteiger partial charge on any atom is -0.478 e. The molecule has 2 aromatic rings. The molecule has 0 unspecified atom stereocenters. The summed E-state index contributed by atoms with van der Waals surface area (Å²) in [6.07, 6.45) is 0.799. The van der Waals surface area contributed by atoms with Crippen LogP contribution >= 0.6 is 15.9 Å². The maximum Gasteiger partial charge on any atom is 0.340 e. The molecule has 0 aliphatic rings. The molecular formula is C10H6BrF2N3O4S. The Labute approximate surface area is 125 Å². The van der Waals surface area contributed by atoms with Crippen LogP contribution < -0.4 is 4.72 Å². The van der Waals surface area contributed by atoms with E-state index in [0.717, 1.165) is 12.3 Å². The van der Waals surface area contributed by atoms with Gasteiger partial charge in [0.15, 0.2) is 5.03 Å². The van der Waals surface area contributed by atoms with Crippen LogP contribution in [0.25, 0.3) is 0 Å². The average molecular weight is 382 g/mol. The zero-order chi connectivity index (χ0) is 15.8. The molecule has 1 aromatic carbocycles. The Morgan fingerprint density at radius 1 is 1.33 bits per heavy atom. The third-order valence-corrected chi connectivity index (χ3v) is 4.30. The van der Waals surface area contributed by atoms with E-state index in [0.29, 0.717) is 6.07 Å². The highest BCUT2D eigenvalue weighted by molar-refractivity contribution is 9.10. The third kappa shape index (κ3) is 3.03. The van der Waals surface area contributed by atoms with Crippen LogP contribution in [0.1, 0.15) is 10.4 Å². The van der Waals surface area contributed by atoms with Crippen molar-refractivity contribution in [3.63, 3.8) is 0 Å². The van der Waals surface area contributed by atoms with Crippen molar-refractivity contribution < 1.29 is 27.1 Å². The molecule has 3 N–H and O–H groups in total. The standard InChI is InChI=1S/C10H6BrF2N3O4S/c11-5-1-8(7(13)2-6(5)12)16-21(19,20)9-4(10(17)18)3-14-15-9/h1-3,16H,(H,14,15)(H,17,18). The van der Waals surface area contributed by atoms with Crippen LogP contribution in [0.4, 0.5) is 14.5 Å². The first kappa shape index (κ1) is 15.4. The van der Waals surface area contributed by atoms with E-state index in [-0.39, 0.29) is 4.47 Å². The molecule has 1 heterocycles. The Morgan fingerprint density at radius 2 is 2.00 bits per heavy atom. The Morgan fingerprint density at radius 3 is 2.62 bits per heavy atom. The fourth-order valence-electron chi connectivity index (χ4n) is 1.43. The van der Waals surface area contributed by atoms with Crippen molar-refractivity contribution in [3.8, 4) is 0 Å². The molecule has 0 aliphatic heterocycles. The number of hydrogen-bond acceptors (Lipinski definition) is 4. The number of aromatic amines is 1. The van der Waals surface area contributed by atoms with Crippen molar-refractivity contribution in [2.45, 2.75) is 5.03 Å². The summed E-state index contributed by atoms with van der Waals surface area (Å²) in [6, 6.07) is 1.35. The number of sulfonamides is 1. The zero-order valence-electron chi connectivity index (χ0n) is 9.89. The number of carbonyl (C=O) groups is 1. The Hall–Kier alpha value is -2.01. The van der Waals surface area contributed by atoms with Crippen LogP contribution in [-0.4, -0.2) is 29.7 Å². The predicted molar refractivity (Wildman–Crippen MR) is 70.4 cm³/mol. The second kappa shape index (κ2) is 5.41. The van der Waals surface area contributed by atoms with Crippen LogP contribution in [-0.2, 0) is 10.0 Å². The molecule has 2 rings (SSSR count). The number of carboxylic acids is 1. The average Bonchev–Trinajstić information content (AvgIpc) is 2.85. The summed E-state index contributed by atoms with van der Waals surface area (Å²) >= 11 is 2.78. The van der Waals surface area contributed by atoms with Gasteiger partial charge in [-0.15, -0.1) is 0 Å². The minimum atomic E-state index is -4.43. The second-order valence-electron chi connectivity index (χ2n) is 3.77. The van der Waals surface area contributed by atoms with Crippen LogP contribution in [0.2, 0.25) is 0 Å². The number of aromatic carboxylic acids is 1. The molecule has 0 saturated carbocycles. The number of rotatable bonds is 4. The molecule has 1 aromatic heterocycles. The van der Waals surface area contributed by atoms with E-state index in [9.17, 15) is 22.0 Å². The topological polar surface area (TPSA) is 112 Å². The van der Waals surface area contributed by atoms with Gasteiger partial charge >= 0.3 is 5.97 Å². The Balaban J connectivity index is 2.45. The number of H-pyrrole nitrogens is 1. The number of benzene rings is 1. The molecule has 0 bridgehead atoms. The van der Waals surface area contributed by atoms with E-state index in [2.05, 4.69) is 21.0 Å². The highest BCUT2D eigenvalue weighted by atomic mass is 79.9. The van der Waals surface area contributed by atoms with E-state index in [1.807, 2.05) is 9.82 Å². The van der Waals surface area contributed by atoms with Crippen molar-refractivity contribution in [1.29, 1.82) is 0 Å². The summed E-state index contributed by atoms with van der Waals surface area (Å²) in [5.41, 5.74) is -1.15. The first-order valence-electron chi connectivity index (χ1n) is 5.16. The molecule has 112 valence electrons. The van der Waals surface area contributed by atoms with Gasteiger partial charge in [-0.1, -0.05) is 0 Å². The highest BCUT2D eigenvalue weighted by Crippen LogP contribution is 2.26. The molecule has 0 radical (unpaired) electrons. The maximum absolute atomic E-state index is 13.5. The van der Waals surface area contributed by atoms with Crippen molar-refractivity contribution in [2.75, 3.05) is 4.72 Å². The molecule has 7 nitrogen and oxygen atoms in total. The summed E-state index contributed by atoms with van der Waals surface area (Å²) in [5, 5.41) is 13.4. The van der Waals surface area contributed by atoms with Crippen LogP contribution in [0.3, 0.4) is 0 Å². The summed E-state index contributed by atoms with van der Waals surface area (Å²) in [5.74, 6) is -3.59. The number of carboxylic acid groups (broad SMARTS) is 1. The summed E-state index contributed by atoms with van der Waals surface area (Å²) in [6.45, 7) is 0. The smallest absolute Gasteiger partial charge is 0.340 e. The molecule has 0 amide bonds. The van der Waals surface area contributed by atoms with E-state index in [1.54, 1.807) is 0 Å². The van der Waals surface area contributed by atoms with Gasteiger partial charge in [0, 0.05) is 6.07 Å². The fourth-order valence-corrected chi connectivity index (χ4v) is 2.92. The number of anilines is 1. The molecular weight excluding hydrogens is 376 g/mol. The third-order valence-electron chi connectivity index (χ3n) is 2.36. The van der Waals surface area contributed by atoms with Crippen LogP contribution in [0, 0.1) is 11.6 Å². The minimum absolute atomic E-state index is 0.162. The number of hydrogen-bond donors (Lipinski definition) is 3. The van der Waals surface area contributed by atoms with Gasteiger partial charge in [-0.05, 0) is 22.0 Å². The van der Waals surface area contributed by atoms with E-state index < -0.39 is 43.9 Å². The number of aromatic nitrogens is 2. The first-order valence-corrected chi connectivity index (χ1v) is 7.44. The van der Waals surface area contributed by atoms with Gasteiger partial charge < -0.3 is 5.11 Å². The number of nitrogens with one attached hydrogen (secondary N) is 2. The quantitative estimate of drug-likeness (QED) is 0.700. The Kier molecular flexibility index (Phi) is 3.96. The van der Waals surface area contributed by atoms with Crippen molar-refractivity contribution in [2.24, 2.45) is 0 Å². The summed E-state index contributed by atoms with van der Waals surface area (Å²) in [7, 11) is -4.43. The predicted octanol–water partition coefficient (Wildman–Crippen LogP) is 1.95. The normalized spacial score (nSPS) is 11.4. The van der Waals surface area contributed by atoms with Crippen molar-refractivity contribution in [1.82, 2.24) is 10.2 Å². The lowest BCUT2D eigenvalue weighted by Crippen LogP contribution is -2.17. The van der Waals surface area contributed by atoms with Gasteiger partial charge in [-0.2, -0.15) is 13.5 Å². The maximum atomic E-state index is 13.5. The monoisotopic (exact) mass is 381 g/mol. The van der Waals surface area contributed by atoms with Gasteiger partial charge in [0.05, 0.1) is 16.4 Å². The van der Waals surface area contributed by atoms with Crippen LogP contribution in [0.15, 0.2) is 27.8 Å². The summed E-state index contributed by atoms with van der Waals surface area (Å²) in [4.78, 5) is 10.9. The van der Waals surface area contributed by atoms with E-state index >= 15 is 0 Å². The largest absolute Gasteiger partial charge is 0.478 e. The van der Waals surface area contributed by atoms with Crippen LogP contribution in [0.5, 0.6) is 0 Å². The van der Waals surface area contributed by atoms with Gasteiger partial charge in [-0.3, -0.25) is 9.82 Å². The lowest BCUT2D eigenvalue weighted by Gasteiger charge is -2.09. The van der Waals surface area contributed by atoms with Gasteiger partial charge in [0.25, 0.3) is 10.0 Å². The molecule has 21 heavy (non-hydrogen) atoms. The first-order chi connectivity index (χ1) is 9.72. The molecule has 0 saturated heterocycles. The molecule has 0 aliphatic carbocycles. The second-order valence-corrected chi connectivity index (χ2v) is 6.24. The van der Waals surface area contributed by atoms with Gasteiger partial charge in [0.2, 0.25) is 0 Å². The van der Waals surface area contributed by atoms with Crippen molar-refractivity contribution in [3.05, 3.63) is 40.0 Å².